The van der Waals surface area contributed by atoms with Crippen LogP contribution in [0, 0.1) is 5.82 Å². The maximum Gasteiger partial charge on any atom is 0.289 e. The Kier molecular flexibility index (Phi) is 5.70. The SMILES string of the molecule is O=C(NN=CC(Br)=Cc1ccccc1)c1cc(-c2ccc(F)cc2)n[nH]1. The number of nitrogens with zero attached hydrogens (tertiary/aromatic N) is 2. The lowest BCUT2D eigenvalue weighted by atomic mass is 10.1. The molecule has 26 heavy (non-hydrogen) atoms. The van der Waals surface area contributed by atoms with Gasteiger partial charge < -0.3 is 0 Å². The first-order chi connectivity index (χ1) is 12.6. The van der Waals surface area contributed by atoms with Gasteiger partial charge in [0.05, 0.1) is 11.9 Å². The summed E-state index contributed by atoms with van der Waals surface area (Å²) in [5.74, 6) is -0.757. The molecule has 5 nitrogen and oxygen atoms in total. The Hall–Kier alpha value is -3.06. The third kappa shape index (κ3) is 4.73. The number of rotatable bonds is 5. The number of hydrazone groups is 1. The first kappa shape index (κ1) is 17.8. The molecule has 0 aliphatic heterocycles. The average Bonchev–Trinajstić information content (AvgIpc) is 3.13. The molecule has 0 unspecified atom stereocenters. The van der Waals surface area contributed by atoms with Gasteiger partial charge in [-0.15, -0.1) is 0 Å². The Bertz CT molecular complexity index is 949. The molecule has 7 heteroatoms. The van der Waals surface area contributed by atoms with Crippen LogP contribution in [0.15, 0.2) is 70.2 Å². The number of aromatic amines is 1. The fourth-order valence-corrected chi connectivity index (χ4v) is 2.53. The van der Waals surface area contributed by atoms with Gasteiger partial charge in [-0.05, 0) is 57.9 Å². The largest absolute Gasteiger partial charge is 0.289 e. The molecule has 0 bridgehead atoms. The Morgan fingerprint density at radius 3 is 2.62 bits per heavy atom. The summed E-state index contributed by atoms with van der Waals surface area (Å²) in [7, 11) is 0. The molecule has 0 radical (unpaired) electrons. The predicted molar refractivity (Wildman–Crippen MR) is 103 cm³/mol. The van der Waals surface area contributed by atoms with Crippen molar-refractivity contribution in [3.05, 3.63) is 82.2 Å². The van der Waals surface area contributed by atoms with Crippen LogP contribution in [-0.4, -0.2) is 22.3 Å². The minimum atomic E-state index is -0.429. The van der Waals surface area contributed by atoms with Crippen molar-refractivity contribution >= 4 is 34.1 Å². The normalized spacial score (nSPS) is 11.7. The molecule has 2 aromatic carbocycles. The molecule has 3 rings (SSSR count). The first-order valence-corrected chi connectivity index (χ1v) is 8.48. The van der Waals surface area contributed by atoms with E-state index in [0.29, 0.717) is 15.7 Å². The van der Waals surface area contributed by atoms with Crippen molar-refractivity contribution < 1.29 is 9.18 Å². The molecule has 0 atom stereocenters. The van der Waals surface area contributed by atoms with Gasteiger partial charge in [0, 0.05) is 10.0 Å². The highest BCUT2D eigenvalue weighted by molar-refractivity contribution is 9.12. The van der Waals surface area contributed by atoms with Crippen LogP contribution < -0.4 is 5.43 Å². The summed E-state index contributed by atoms with van der Waals surface area (Å²) >= 11 is 3.37. The van der Waals surface area contributed by atoms with Gasteiger partial charge in [-0.2, -0.15) is 10.2 Å². The maximum absolute atomic E-state index is 13.0. The van der Waals surface area contributed by atoms with E-state index in [1.165, 1.54) is 18.3 Å². The predicted octanol–water partition coefficient (Wildman–Crippen LogP) is 4.37. The second kappa shape index (κ2) is 8.35. The van der Waals surface area contributed by atoms with Crippen LogP contribution in [0.2, 0.25) is 0 Å². The van der Waals surface area contributed by atoms with Crippen molar-refractivity contribution in [3.8, 4) is 11.3 Å². The van der Waals surface area contributed by atoms with Crippen molar-refractivity contribution in [2.24, 2.45) is 5.10 Å². The molecule has 0 fully saturated rings. The molecule has 0 spiro atoms. The van der Waals surface area contributed by atoms with Crippen LogP contribution >= 0.6 is 15.9 Å². The van der Waals surface area contributed by atoms with Crippen LogP contribution in [0.4, 0.5) is 4.39 Å². The smallest absolute Gasteiger partial charge is 0.272 e. The second-order valence-electron chi connectivity index (χ2n) is 5.31. The topological polar surface area (TPSA) is 70.1 Å². The molecule has 1 amide bonds. The zero-order chi connectivity index (χ0) is 18.4. The number of H-pyrrole nitrogens is 1. The van der Waals surface area contributed by atoms with Gasteiger partial charge in [-0.1, -0.05) is 30.3 Å². The summed E-state index contributed by atoms with van der Waals surface area (Å²) in [6, 6.07) is 17.1. The highest BCUT2D eigenvalue weighted by Gasteiger charge is 2.10. The molecule has 0 aliphatic carbocycles. The van der Waals surface area contributed by atoms with Crippen LogP contribution in [0.25, 0.3) is 17.3 Å². The van der Waals surface area contributed by atoms with Crippen molar-refractivity contribution in [1.29, 1.82) is 0 Å². The van der Waals surface area contributed by atoms with E-state index in [9.17, 15) is 9.18 Å². The Morgan fingerprint density at radius 1 is 1.15 bits per heavy atom. The van der Waals surface area contributed by atoms with Gasteiger partial charge in [0.1, 0.15) is 11.5 Å². The van der Waals surface area contributed by atoms with Gasteiger partial charge in [0.15, 0.2) is 0 Å². The van der Waals surface area contributed by atoms with Crippen molar-refractivity contribution in [3.63, 3.8) is 0 Å². The van der Waals surface area contributed by atoms with Gasteiger partial charge in [0.2, 0.25) is 0 Å². The van der Waals surface area contributed by atoms with Gasteiger partial charge in [0.25, 0.3) is 5.91 Å². The number of aromatic nitrogens is 2. The number of hydrogen-bond donors (Lipinski definition) is 2. The Labute approximate surface area is 157 Å². The third-order valence-corrected chi connectivity index (χ3v) is 3.85. The lowest BCUT2D eigenvalue weighted by Gasteiger charge is -1.96. The number of nitrogens with one attached hydrogen (secondary N) is 2. The van der Waals surface area contributed by atoms with Crippen molar-refractivity contribution in [1.82, 2.24) is 15.6 Å². The third-order valence-electron chi connectivity index (χ3n) is 3.42. The van der Waals surface area contributed by atoms with E-state index in [2.05, 4.69) is 36.7 Å². The van der Waals surface area contributed by atoms with Crippen LogP contribution in [0.3, 0.4) is 0 Å². The summed E-state index contributed by atoms with van der Waals surface area (Å²) in [5, 5.41) is 10.6. The number of benzene rings is 2. The van der Waals surface area contributed by atoms with E-state index < -0.39 is 5.91 Å². The van der Waals surface area contributed by atoms with E-state index in [1.54, 1.807) is 18.2 Å². The Morgan fingerprint density at radius 2 is 1.88 bits per heavy atom. The minimum Gasteiger partial charge on any atom is -0.272 e. The van der Waals surface area contributed by atoms with E-state index in [4.69, 9.17) is 0 Å². The van der Waals surface area contributed by atoms with Crippen molar-refractivity contribution in [2.45, 2.75) is 0 Å². The summed E-state index contributed by atoms with van der Waals surface area (Å²) < 4.78 is 13.7. The molecular formula is C19H14BrFN4O. The highest BCUT2D eigenvalue weighted by atomic mass is 79.9. The molecular weight excluding hydrogens is 399 g/mol. The fourth-order valence-electron chi connectivity index (χ4n) is 2.17. The molecule has 3 aromatic rings. The molecule has 1 aromatic heterocycles. The Balaban J connectivity index is 1.62. The second-order valence-corrected chi connectivity index (χ2v) is 6.23. The molecule has 130 valence electrons. The monoisotopic (exact) mass is 412 g/mol. The van der Waals surface area contributed by atoms with E-state index in [1.807, 2.05) is 36.4 Å². The van der Waals surface area contributed by atoms with Gasteiger partial charge in [-0.25, -0.2) is 9.82 Å². The maximum atomic E-state index is 13.0. The molecule has 0 saturated carbocycles. The average molecular weight is 413 g/mol. The first-order valence-electron chi connectivity index (χ1n) is 7.69. The fraction of sp³-hybridized carbons (Fsp3) is 0. The molecule has 1 heterocycles. The summed E-state index contributed by atoms with van der Waals surface area (Å²) in [6.45, 7) is 0. The lowest BCUT2D eigenvalue weighted by molar-refractivity contribution is 0.0950. The number of allylic oxidation sites excluding steroid dienone is 1. The van der Waals surface area contributed by atoms with Gasteiger partial charge >= 0.3 is 0 Å². The molecule has 0 aliphatic rings. The van der Waals surface area contributed by atoms with Gasteiger partial charge in [-0.3, -0.25) is 9.89 Å². The number of carbonyl (C=O) groups excluding carboxylic acids is 1. The van der Waals surface area contributed by atoms with Crippen LogP contribution in [-0.2, 0) is 0 Å². The highest BCUT2D eigenvalue weighted by Crippen LogP contribution is 2.18. The summed E-state index contributed by atoms with van der Waals surface area (Å²) in [6.07, 6.45) is 3.36. The quantitative estimate of drug-likeness (QED) is 0.482. The lowest BCUT2D eigenvalue weighted by Crippen LogP contribution is -2.17. The standard InChI is InChI=1S/C19H14BrFN4O/c20-15(10-13-4-2-1-3-5-13)12-22-25-19(26)18-11-17(23-24-18)14-6-8-16(21)9-7-14/h1-12H,(H,23,24)(H,25,26). The van der Waals surface area contributed by atoms with Crippen LogP contribution in [0.1, 0.15) is 16.1 Å². The van der Waals surface area contributed by atoms with Crippen LogP contribution in [0.5, 0.6) is 0 Å². The molecule has 2 N–H and O–H groups in total. The number of amides is 1. The number of hydrogen-bond acceptors (Lipinski definition) is 3. The number of carbonyl (C=O) groups is 1. The summed E-state index contributed by atoms with van der Waals surface area (Å²) in [4.78, 5) is 12.1. The zero-order valence-electron chi connectivity index (χ0n) is 13.5. The molecule has 0 saturated heterocycles. The zero-order valence-corrected chi connectivity index (χ0v) is 15.1. The van der Waals surface area contributed by atoms with E-state index in [-0.39, 0.29) is 11.5 Å². The number of halogens is 2. The van der Waals surface area contributed by atoms with E-state index in [0.717, 1.165) is 5.56 Å². The minimum absolute atomic E-state index is 0.254. The summed E-state index contributed by atoms with van der Waals surface area (Å²) in [5.41, 5.74) is 4.93. The van der Waals surface area contributed by atoms with Crippen molar-refractivity contribution in [2.75, 3.05) is 0 Å². The van der Waals surface area contributed by atoms with E-state index >= 15 is 0 Å².